The molecule has 0 aliphatic carbocycles. The van der Waals surface area contributed by atoms with Gasteiger partial charge in [-0.1, -0.05) is 31.2 Å². The summed E-state index contributed by atoms with van der Waals surface area (Å²) in [6.45, 7) is 7.01. The number of carbonyl (C=O) groups excluding carboxylic acids is 1. The molecule has 1 N–H and O–H groups in total. The van der Waals surface area contributed by atoms with E-state index in [0.29, 0.717) is 17.9 Å². The van der Waals surface area contributed by atoms with E-state index >= 15 is 0 Å². The second kappa shape index (κ2) is 4.97. The molecule has 2 aliphatic heterocycles. The molecule has 19 heavy (non-hydrogen) atoms. The third-order valence-electron chi connectivity index (χ3n) is 4.70. The molecule has 0 bridgehead atoms. The molecule has 3 nitrogen and oxygen atoms in total. The van der Waals surface area contributed by atoms with E-state index in [2.05, 4.69) is 48.3 Å². The van der Waals surface area contributed by atoms with E-state index in [4.69, 9.17) is 0 Å². The Kier molecular flexibility index (Phi) is 3.31. The molecule has 0 aromatic heterocycles. The van der Waals surface area contributed by atoms with Gasteiger partial charge in [-0.2, -0.15) is 0 Å². The van der Waals surface area contributed by atoms with Crippen LogP contribution in [0.3, 0.4) is 0 Å². The molecule has 2 aliphatic rings. The number of fused-ring (bicyclic) bond motifs is 1. The number of benzene rings is 1. The van der Waals surface area contributed by atoms with Crippen molar-refractivity contribution in [3.63, 3.8) is 0 Å². The average Bonchev–Trinajstić information content (AvgIpc) is 2.35. The van der Waals surface area contributed by atoms with Crippen LogP contribution < -0.4 is 5.32 Å². The highest BCUT2D eigenvalue weighted by atomic mass is 16.2. The van der Waals surface area contributed by atoms with Gasteiger partial charge in [0.05, 0.1) is 0 Å². The quantitative estimate of drug-likeness (QED) is 0.877. The molecule has 102 valence electrons. The molecule has 1 amide bonds. The lowest BCUT2D eigenvalue weighted by atomic mass is 9.86. The smallest absolute Gasteiger partial charge is 0.226 e. The lowest BCUT2D eigenvalue weighted by Gasteiger charge is -2.40. The highest BCUT2D eigenvalue weighted by Gasteiger charge is 2.35. The van der Waals surface area contributed by atoms with Crippen LogP contribution in [0.2, 0.25) is 0 Å². The zero-order chi connectivity index (χ0) is 13.4. The first-order chi connectivity index (χ1) is 9.16. The molecule has 3 heteroatoms. The Hall–Kier alpha value is -1.35. The van der Waals surface area contributed by atoms with Gasteiger partial charge in [0.25, 0.3) is 0 Å². The van der Waals surface area contributed by atoms with Crippen molar-refractivity contribution in [2.24, 2.45) is 11.8 Å². The number of carbonyl (C=O) groups is 1. The Morgan fingerprint density at radius 1 is 1.32 bits per heavy atom. The fourth-order valence-electron chi connectivity index (χ4n) is 3.10. The van der Waals surface area contributed by atoms with Crippen molar-refractivity contribution in [3.8, 4) is 0 Å². The van der Waals surface area contributed by atoms with Gasteiger partial charge in [0.2, 0.25) is 5.91 Å². The van der Waals surface area contributed by atoms with E-state index in [1.807, 2.05) is 0 Å². The lowest BCUT2D eigenvalue weighted by molar-refractivity contribution is -0.140. The summed E-state index contributed by atoms with van der Waals surface area (Å²) in [5.41, 5.74) is 2.71. The Balaban J connectivity index is 1.76. The first-order valence-electron chi connectivity index (χ1n) is 7.25. The molecule has 1 saturated heterocycles. The van der Waals surface area contributed by atoms with Crippen molar-refractivity contribution in [1.82, 2.24) is 10.2 Å². The molecule has 3 rings (SSSR count). The maximum atomic E-state index is 12.7. The van der Waals surface area contributed by atoms with Crippen molar-refractivity contribution in [2.75, 3.05) is 13.1 Å². The van der Waals surface area contributed by atoms with Gasteiger partial charge in [-0.3, -0.25) is 4.79 Å². The van der Waals surface area contributed by atoms with Gasteiger partial charge < -0.3 is 10.2 Å². The fourth-order valence-corrected chi connectivity index (χ4v) is 3.10. The van der Waals surface area contributed by atoms with Crippen LogP contribution in [0, 0.1) is 11.8 Å². The van der Waals surface area contributed by atoms with Crippen molar-refractivity contribution < 1.29 is 4.79 Å². The van der Waals surface area contributed by atoms with Crippen LogP contribution in [-0.2, 0) is 17.8 Å². The second-order valence-electron chi connectivity index (χ2n) is 5.99. The summed E-state index contributed by atoms with van der Waals surface area (Å²) in [6, 6.07) is 8.81. The predicted molar refractivity (Wildman–Crippen MR) is 75.7 cm³/mol. The molecule has 0 spiro atoms. The third kappa shape index (κ3) is 2.27. The summed E-state index contributed by atoms with van der Waals surface area (Å²) < 4.78 is 0. The first-order valence-corrected chi connectivity index (χ1v) is 7.25. The van der Waals surface area contributed by atoms with Gasteiger partial charge in [-0.25, -0.2) is 0 Å². The minimum Gasteiger partial charge on any atom is -0.335 e. The number of amides is 1. The van der Waals surface area contributed by atoms with Crippen LogP contribution in [0.1, 0.15) is 25.0 Å². The summed E-state index contributed by atoms with van der Waals surface area (Å²) in [4.78, 5) is 14.7. The Labute approximate surface area is 115 Å². The SMILES string of the molecule is CC(C(=O)N1Cc2ccccc2CC1C)C1CNC1. The topological polar surface area (TPSA) is 32.3 Å². The minimum atomic E-state index is 0.147. The van der Waals surface area contributed by atoms with Crippen LogP contribution in [-0.4, -0.2) is 29.9 Å². The van der Waals surface area contributed by atoms with Gasteiger partial charge in [-0.15, -0.1) is 0 Å². The minimum absolute atomic E-state index is 0.147. The molecule has 1 aromatic rings. The van der Waals surface area contributed by atoms with E-state index in [1.54, 1.807) is 0 Å². The number of hydrogen-bond donors (Lipinski definition) is 1. The zero-order valence-electron chi connectivity index (χ0n) is 11.7. The second-order valence-corrected chi connectivity index (χ2v) is 5.99. The van der Waals surface area contributed by atoms with Gasteiger partial charge in [0, 0.05) is 18.5 Å². The van der Waals surface area contributed by atoms with Crippen LogP contribution in [0.4, 0.5) is 0 Å². The number of rotatable bonds is 2. The third-order valence-corrected chi connectivity index (χ3v) is 4.70. The summed E-state index contributed by atoms with van der Waals surface area (Å²) in [5.74, 6) is 0.999. The molecule has 2 heterocycles. The predicted octanol–water partition coefficient (Wildman–Crippen LogP) is 1.82. The van der Waals surface area contributed by atoms with Crippen molar-refractivity contribution in [3.05, 3.63) is 35.4 Å². The maximum Gasteiger partial charge on any atom is 0.226 e. The Morgan fingerprint density at radius 3 is 2.63 bits per heavy atom. The first kappa shape index (κ1) is 12.7. The highest BCUT2D eigenvalue weighted by Crippen LogP contribution is 2.27. The molecular formula is C16H22N2O. The van der Waals surface area contributed by atoms with Crippen LogP contribution in [0.15, 0.2) is 24.3 Å². The molecule has 1 fully saturated rings. The van der Waals surface area contributed by atoms with Crippen molar-refractivity contribution in [2.45, 2.75) is 32.9 Å². The van der Waals surface area contributed by atoms with E-state index < -0.39 is 0 Å². The van der Waals surface area contributed by atoms with Gasteiger partial charge >= 0.3 is 0 Å². The summed E-state index contributed by atoms with van der Waals surface area (Å²) >= 11 is 0. The van der Waals surface area contributed by atoms with Crippen molar-refractivity contribution in [1.29, 1.82) is 0 Å². The molecule has 1 aromatic carbocycles. The van der Waals surface area contributed by atoms with Crippen LogP contribution >= 0.6 is 0 Å². The molecular weight excluding hydrogens is 236 g/mol. The number of hydrogen-bond acceptors (Lipinski definition) is 2. The lowest BCUT2D eigenvalue weighted by Crippen LogP contribution is -2.52. The molecule has 0 saturated carbocycles. The number of nitrogens with zero attached hydrogens (tertiary/aromatic N) is 1. The molecule has 2 atom stereocenters. The molecule has 2 unspecified atom stereocenters. The van der Waals surface area contributed by atoms with Gasteiger partial charge in [0.1, 0.15) is 0 Å². The van der Waals surface area contributed by atoms with E-state index in [-0.39, 0.29) is 5.92 Å². The van der Waals surface area contributed by atoms with Crippen LogP contribution in [0.25, 0.3) is 0 Å². The van der Waals surface area contributed by atoms with Crippen molar-refractivity contribution >= 4 is 5.91 Å². The average molecular weight is 258 g/mol. The largest absolute Gasteiger partial charge is 0.335 e. The molecule has 0 radical (unpaired) electrons. The highest BCUT2D eigenvalue weighted by molar-refractivity contribution is 5.79. The zero-order valence-corrected chi connectivity index (χ0v) is 11.7. The number of nitrogens with one attached hydrogen (secondary N) is 1. The summed E-state index contributed by atoms with van der Waals surface area (Å²) in [7, 11) is 0. The van der Waals surface area contributed by atoms with E-state index in [1.165, 1.54) is 11.1 Å². The fraction of sp³-hybridized carbons (Fsp3) is 0.562. The Morgan fingerprint density at radius 2 is 2.00 bits per heavy atom. The van der Waals surface area contributed by atoms with Gasteiger partial charge in [-0.05, 0) is 43.5 Å². The summed E-state index contributed by atoms with van der Waals surface area (Å²) in [5, 5.41) is 3.26. The van der Waals surface area contributed by atoms with E-state index in [9.17, 15) is 4.79 Å². The monoisotopic (exact) mass is 258 g/mol. The van der Waals surface area contributed by atoms with Gasteiger partial charge in [0.15, 0.2) is 0 Å². The maximum absolute atomic E-state index is 12.7. The standard InChI is InChI=1S/C16H22N2O/c1-11-7-13-5-3-4-6-14(13)10-18(11)16(19)12(2)15-8-17-9-15/h3-6,11-12,15,17H,7-10H2,1-2H3. The van der Waals surface area contributed by atoms with Crippen LogP contribution in [0.5, 0.6) is 0 Å². The normalized spacial score (nSPS) is 24.5. The van der Waals surface area contributed by atoms with E-state index in [0.717, 1.165) is 26.1 Å². The Bertz CT molecular complexity index is 481. The summed E-state index contributed by atoms with van der Waals surface area (Å²) in [6.07, 6.45) is 0.984.